The van der Waals surface area contributed by atoms with Crippen molar-refractivity contribution in [2.75, 3.05) is 38.2 Å². The number of benzene rings is 2. The van der Waals surface area contributed by atoms with Gasteiger partial charge >= 0.3 is 5.97 Å². The number of carbonyl (C=O) groups is 3. The summed E-state index contributed by atoms with van der Waals surface area (Å²) in [6.45, 7) is 8.47. The molecule has 0 unspecified atom stereocenters. The summed E-state index contributed by atoms with van der Waals surface area (Å²) in [4.78, 5) is 39.4. The Bertz CT molecular complexity index is 1570. The van der Waals surface area contributed by atoms with Crippen LogP contribution in [0.3, 0.4) is 0 Å². The number of amides is 2. The van der Waals surface area contributed by atoms with Gasteiger partial charge in [0.25, 0.3) is 5.91 Å². The number of aromatic nitrogens is 2. The lowest BCUT2D eigenvalue weighted by atomic mass is 9.87. The summed E-state index contributed by atoms with van der Waals surface area (Å²) in [6, 6.07) is 17.2. The molecule has 1 aromatic heterocycles. The van der Waals surface area contributed by atoms with E-state index in [2.05, 4.69) is 5.32 Å². The maximum atomic E-state index is 12.9. The Morgan fingerprint density at radius 3 is 2.18 bits per heavy atom. The number of para-hydroxylation sites is 1. The summed E-state index contributed by atoms with van der Waals surface area (Å²) in [5, 5.41) is 8.35. The molecule has 2 amide bonds. The van der Waals surface area contributed by atoms with Gasteiger partial charge in [0, 0.05) is 38.2 Å². The molecule has 0 aliphatic carbocycles. The highest BCUT2D eigenvalue weighted by Gasteiger charge is 2.36. The fourth-order valence-electron chi connectivity index (χ4n) is 7.02. The first-order valence-electron chi connectivity index (χ1n) is 18.7. The molecule has 0 radical (unpaired) electrons. The van der Waals surface area contributed by atoms with Crippen molar-refractivity contribution in [2.45, 2.75) is 103 Å². The van der Waals surface area contributed by atoms with E-state index in [4.69, 9.17) is 25.0 Å². The van der Waals surface area contributed by atoms with E-state index in [-0.39, 0.29) is 24.5 Å². The molecule has 11 nitrogen and oxygen atoms in total. The minimum Gasteiger partial charge on any atom is -0.460 e. The van der Waals surface area contributed by atoms with Gasteiger partial charge in [-0.2, -0.15) is 5.10 Å². The van der Waals surface area contributed by atoms with Crippen molar-refractivity contribution < 1.29 is 28.6 Å². The van der Waals surface area contributed by atoms with Crippen molar-refractivity contribution in [1.82, 2.24) is 14.7 Å². The van der Waals surface area contributed by atoms with Crippen LogP contribution in [0, 0.1) is 5.92 Å². The van der Waals surface area contributed by atoms with E-state index in [0.717, 1.165) is 82.1 Å². The number of anilines is 1. The Hall–Kier alpha value is -4.38. The monoisotopic (exact) mass is 701 g/mol. The Labute approximate surface area is 302 Å². The Balaban J connectivity index is 1.03. The van der Waals surface area contributed by atoms with Gasteiger partial charge in [-0.3, -0.25) is 14.4 Å². The molecular weight excluding hydrogens is 646 g/mol. The smallest absolute Gasteiger partial charge is 0.306 e. The highest BCUT2D eigenvalue weighted by molar-refractivity contribution is 6.03. The number of nitrogens with one attached hydrogen (secondary N) is 1. The number of likely N-dealkylation sites (tertiary alicyclic amines) is 1. The largest absolute Gasteiger partial charge is 0.460 e. The highest BCUT2D eigenvalue weighted by atomic mass is 16.6. The molecule has 51 heavy (non-hydrogen) atoms. The molecule has 11 heteroatoms. The number of hydrogen-bond donors (Lipinski definition) is 2. The molecule has 1 saturated heterocycles. The zero-order valence-corrected chi connectivity index (χ0v) is 30.5. The molecule has 0 saturated carbocycles. The fraction of sp³-hybridized carbons (Fsp3) is 0.550. The third kappa shape index (κ3) is 11.1. The maximum absolute atomic E-state index is 12.9. The molecule has 2 aliphatic heterocycles. The average Bonchev–Trinajstić information content (AvgIpc) is 3.51. The third-order valence-corrected chi connectivity index (χ3v) is 9.56. The summed E-state index contributed by atoms with van der Waals surface area (Å²) < 4.78 is 19.0. The van der Waals surface area contributed by atoms with E-state index in [1.165, 1.54) is 0 Å². The van der Waals surface area contributed by atoms with Crippen molar-refractivity contribution in [2.24, 2.45) is 11.7 Å². The molecule has 0 bridgehead atoms. The van der Waals surface area contributed by atoms with Crippen LogP contribution in [0.5, 0.6) is 11.5 Å². The zero-order chi connectivity index (χ0) is 36.2. The molecule has 2 aliphatic rings. The molecule has 2 aromatic carbocycles. The summed E-state index contributed by atoms with van der Waals surface area (Å²) in [7, 11) is 0. The maximum Gasteiger partial charge on any atom is 0.306 e. The second kappa shape index (κ2) is 18.2. The minimum atomic E-state index is -0.517. The van der Waals surface area contributed by atoms with Crippen LogP contribution in [0.25, 0.3) is 11.3 Å². The number of esters is 1. The summed E-state index contributed by atoms with van der Waals surface area (Å²) in [5.74, 6) is 1.84. The first-order valence-corrected chi connectivity index (χ1v) is 18.7. The lowest BCUT2D eigenvalue weighted by molar-refractivity contribution is -0.155. The number of piperidine rings is 1. The second-order valence-electron chi connectivity index (χ2n) is 14.7. The van der Waals surface area contributed by atoms with E-state index >= 15 is 0 Å². The van der Waals surface area contributed by atoms with Crippen molar-refractivity contribution in [3.05, 3.63) is 60.2 Å². The SMILES string of the molecule is CC(C)(C)OC(=O)CCCCCCCCCOCC(=O)N1CCC([C@@H]2CCNc3c(C(N)=O)c(-c4ccc(Oc5ccccc5)cc4)nn32)CC1. The first kappa shape index (κ1) is 37.9. The summed E-state index contributed by atoms with van der Waals surface area (Å²) in [6.07, 6.45) is 10.4. The van der Waals surface area contributed by atoms with Crippen LogP contribution in [0.4, 0.5) is 5.82 Å². The fourth-order valence-corrected chi connectivity index (χ4v) is 7.02. The number of fused-ring (bicyclic) bond motifs is 1. The van der Waals surface area contributed by atoms with Crippen LogP contribution in [0.15, 0.2) is 54.6 Å². The van der Waals surface area contributed by atoms with E-state index in [1.54, 1.807) is 0 Å². The van der Waals surface area contributed by atoms with Crippen LogP contribution >= 0.6 is 0 Å². The van der Waals surface area contributed by atoms with Gasteiger partial charge in [-0.15, -0.1) is 0 Å². The normalized spacial score (nSPS) is 16.3. The molecule has 3 N–H and O–H groups in total. The number of carbonyl (C=O) groups excluding carboxylic acids is 3. The van der Waals surface area contributed by atoms with Crippen LogP contribution < -0.4 is 15.8 Å². The summed E-state index contributed by atoms with van der Waals surface area (Å²) >= 11 is 0. The molecule has 276 valence electrons. The Morgan fingerprint density at radius 2 is 1.51 bits per heavy atom. The Kier molecular flexibility index (Phi) is 13.5. The first-order chi connectivity index (χ1) is 24.6. The van der Waals surface area contributed by atoms with Gasteiger partial charge in [0.15, 0.2) is 0 Å². The van der Waals surface area contributed by atoms with Crippen molar-refractivity contribution >= 4 is 23.6 Å². The minimum absolute atomic E-state index is 0.0431. The van der Waals surface area contributed by atoms with Gasteiger partial charge < -0.3 is 30.2 Å². The lowest BCUT2D eigenvalue weighted by Crippen LogP contribution is -2.43. The van der Waals surface area contributed by atoms with Gasteiger partial charge in [-0.1, -0.05) is 50.3 Å². The van der Waals surface area contributed by atoms with Crippen LogP contribution in [-0.2, 0) is 19.1 Å². The number of nitrogens with zero attached hydrogens (tertiary/aromatic N) is 3. The standard InChI is InChI=1S/C40H55N5O6/c1-40(2,3)51-35(47)16-12-7-5-4-6-8-13-27-49-28-34(46)44-25-22-29(23-26-44)33-21-24-42-39-36(38(41)48)37(43-45(33)39)30-17-19-32(20-18-30)50-31-14-10-9-11-15-31/h9-11,14-15,17-20,29,33,42H,4-8,12-13,16,21-28H2,1-3H3,(H2,41,48)/t33-/m0/s1. The quantitative estimate of drug-likeness (QED) is 0.109. The van der Waals surface area contributed by atoms with Crippen LogP contribution in [0.2, 0.25) is 0 Å². The van der Waals surface area contributed by atoms with Crippen LogP contribution in [0.1, 0.15) is 108 Å². The van der Waals surface area contributed by atoms with E-state index in [9.17, 15) is 14.4 Å². The van der Waals surface area contributed by atoms with Gasteiger partial charge in [-0.25, -0.2) is 4.68 Å². The lowest BCUT2D eigenvalue weighted by Gasteiger charge is -2.38. The number of ether oxygens (including phenoxy) is 3. The van der Waals surface area contributed by atoms with E-state index < -0.39 is 11.5 Å². The molecule has 0 spiro atoms. The predicted molar refractivity (Wildman–Crippen MR) is 198 cm³/mol. The second-order valence-corrected chi connectivity index (χ2v) is 14.7. The predicted octanol–water partition coefficient (Wildman–Crippen LogP) is 7.52. The molecule has 1 fully saturated rings. The van der Waals surface area contributed by atoms with Crippen molar-refractivity contribution in [3.8, 4) is 22.8 Å². The molecule has 3 heterocycles. The number of nitrogens with two attached hydrogens (primary N) is 1. The van der Waals surface area contributed by atoms with Crippen molar-refractivity contribution in [3.63, 3.8) is 0 Å². The Morgan fingerprint density at radius 1 is 0.863 bits per heavy atom. The highest BCUT2D eigenvalue weighted by Crippen LogP contribution is 2.40. The summed E-state index contributed by atoms with van der Waals surface area (Å²) in [5.41, 5.74) is 7.25. The van der Waals surface area contributed by atoms with E-state index in [1.807, 2.05) is 85.0 Å². The van der Waals surface area contributed by atoms with E-state index in [0.29, 0.717) is 54.9 Å². The number of rotatable bonds is 17. The van der Waals surface area contributed by atoms with Gasteiger partial charge in [0.05, 0.1) is 6.04 Å². The number of hydrogen-bond acceptors (Lipinski definition) is 8. The molecular formula is C40H55N5O6. The molecule has 1 atom stereocenters. The number of primary amides is 1. The topological polar surface area (TPSA) is 138 Å². The average molecular weight is 702 g/mol. The molecule has 3 aromatic rings. The third-order valence-electron chi connectivity index (χ3n) is 9.56. The van der Waals surface area contributed by atoms with Gasteiger partial charge in [0.2, 0.25) is 5.91 Å². The number of unbranched alkanes of at least 4 members (excludes halogenated alkanes) is 6. The molecule has 5 rings (SSSR count). The zero-order valence-electron chi connectivity index (χ0n) is 30.5. The van der Waals surface area contributed by atoms with Gasteiger partial charge in [0.1, 0.15) is 40.8 Å². The van der Waals surface area contributed by atoms with Crippen molar-refractivity contribution in [1.29, 1.82) is 0 Å². The van der Waals surface area contributed by atoms with Crippen LogP contribution in [-0.4, -0.2) is 70.9 Å². The van der Waals surface area contributed by atoms with Gasteiger partial charge in [-0.05, 0) is 95.2 Å².